The van der Waals surface area contributed by atoms with Gasteiger partial charge in [-0.25, -0.2) is 4.39 Å². The average molecular weight is 451 g/mol. The summed E-state index contributed by atoms with van der Waals surface area (Å²) in [5.74, 6) is -2.79. The van der Waals surface area contributed by atoms with Crippen LogP contribution in [0, 0.1) is 11.7 Å². The number of piperidine rings is 1. The summed E-state index contributed by atoms with van der Waals surface area (Å²) in [6, 6.07) is 7.86. The number of halogens is 4. The number of anilines is 1. The normalized spacial score (nSPS) is 15.2. The van der Waals surface area contributed by atoms with Crippen LogP contribution in [-0.2, 0) is 15.7 Å². The summed E-state index contributed by atoms with van der Waals surface area (Å²) >= 11 is 0. The number of ether oxygens (including phenoxy) is 1. The molecule has 0 unspecified atom stereocenters. The molecule has 32 heavy (non-hydrogen) atoms. The molecular formula is C20H17F4N5O3. The molecule has 0 radical (unpaired) electrons. The van der Waals surface area contributed by atoms with Gasteiger partial charge in [-0.1, -0.05) is 0 Å². The molecule has 12 heteroatoms. The highest BCUT2D eigenvalue weighted by Gasteiger charge is 2.38. The van der Waals surface area contributed by atoms with E-state index >= 15 is 0 Å². The van der Waals surface area contributed by atoms with Gasteiger partial charge in [0.15, 0.2) is 18.0 Å². The number of carbonyl (C=O) groups excluding carboxylic acids is 2. The van der Waals surface area contributed by atoms with Crippen molar-refractivity contribution in [3.05, 3.63) is 53.6 Å². The maximum absolute atomic E-state index is 13.1. The van der Waals surface area contributed by atoms with E-state index in [0.717, 1.165) is 12.1 Å². The smallest absolute Gasteiger partial charge is 0.453 e. The molecule has 3 aromatic rings. The van der Waals surface area contributed by atoms with Crippen LogP contribution in [-0.4, -0.2) is 51.3 Å². The number of nitrogens with zero attached hydrogens (tertiary/aromatic N) is 5. The summed E-state index contributed by atoms with van der Waals surface area (Å²) in [6.45, 7) is 0.290. The van der Waals surface area contributed by atoms with Crippen LogP contribution in [0.15, 0.2) is 36.4 Å². The van der Waals surface area contributed by atoms with Gasteiger partial charge in [-0.2, -0.15) is 17.7 Å². The van der Waals surface area contributed by atoms with E-state index in [1.807, 2.05) is 0 Å². The number of esters is 1. The van der Waals surface area contributed by atoms with Gasteiger partial charge in [-0.3, -0.25) is 9.59 Å². The number of ketones is 1. The maximum Gasteiger partial charge on any atom is 0.453 e. The third-order valence-corrected chi connectivity index (χ3v) is 5.17. The topological polar surface area (TPSA) is 89.7 Å². The van der Waals surface area contributed by atoms with Gasteiger partial charge >= 0.3 is 12.1 Å². The Morgan fingerprint density at radius 3 is 2.38 bits per heavy atom. The van der Waals surface area contributed by atoms with Gasteiger partial charge in [0.25, 0.3) is 5.82 Å². The van der Waals surface area contributed by atoms with Gasteiger partial charge in [-0.15, -0.1) is 15.3 Å². The Morgan fingerprint density at radius 2 is 1.72 bits per heavy atom. The first-order valence-electron chi connectivity index (χ1n) is 9.72. The van der Waals surface area contributed by atoms with Gasteiger partial charge in [0.1, 0.15) is 11.6 Å². The van der Waals surface area contributed by atoms with Gasteiger partial charge < -0.3 is 9.64 Å². The molecule has 1 fully saturated rings. The zero-order valence-electron chi connectivity index (χ0n) is 16.5. The first-order valence-corrected chi connectivity index (χ1v) is 9.72. The molecule has 1 aliphatic heterocycles. The van der Waals surface area contributed by atoms with Crippen molar-refractivity contribution in [2.24, 2.45) is 5.92 Å². The Hall–Kier alpha value is -3.57. The fourth-order valence-corrected chi connectivity index (χ4v) is 3.44. The Kier molecular flexibility index (Phi) is 5.76. The largest absolute Gasteiger partial charge is 0.457 e. The lowest BCUT2D eigenvalue weighted by Gasteiger charge is -2.31. The zero-order valence-corrected chi connectivity index (χ0v) is 16.5. The minimum atomic E-state index is -4.69. The number of hydrogen-bond acceptors (Lipinski definition) is 7. The Labute approximate surface area is 178 Å². The van der Waals surface area contributed by atoms with E-state index in [-0.39, 0.29) is 11.2 Å². The van der Waals surface area contributed by atoms with Crippen LogP contribution in [0.5, 0.6) is 0 Å². The SMILES string of the molecule is O=C(COC(=O)C1CCN(c2ccc3nnc(C(F)(F)F)n3n2)CC1)c1ccc(F)cc1. The fraction of sp³-hybridized carbons (Fsp3) is 0.350. The van der Waals surface area contributed by atoms with E-state index in [2.05, 4.69) is 15.3 Å². The van der Waals surface area contributed by atoms with Crippen molar-refractivity contribution in [1.82, 2.24) is 19.8 Å². The number of aromatic nitrogens is 4. The molecule has 0 N–H and O–H groups in total. The number of carbonyl (C=O) groups is 2. The second kappa shape index (κ2) is 8.52. The van der Waals surface area contributed by atoms with E-state index in [1.165, 1.54) is 18.2 Å². The molecular weight excluding hydrogens is 434 g/mol. The molecule has 0 bridgehead atoms. The maximum atomic E-state index is 13.1. The van der Waals surface area contributed by atoms with E-state index in [0.29, 0.717) is 36.3 Å². The number of hydrogen-bond donors (Lipinski definition) is 0. The van der Waals surface area contributed by atoms with E-state index in [9.17, 15) is 27.2 Å². The number of rotatable bonds is 5. The number of benzene rings is 1. The molecule has 0 amide bonds. The van der Waals surface area contributed by atoms with Crippen LogP contribution in [0.3, 0.4) is 0 Å². The molecule has 2 aromatic heterocycles. The molecule has 1 aliphatic rings. The molecule has 4 rings (SSSR count). The second-order valence-electron chi connectivity index (χ2n) is 7.28. The van der Waals surface area contributed by atoms with Crippen molar-refractivity contribution in [3.63, 3.8) is 0 Å². The van der Waals surface area contributed by atoms with Crippen LogP contribution in [0.2, 0.25) is 0 Å². The number of alkyl halides is 3. The van der Waals surface area contributed by atoms with Gasteiger partial charge in [0.2, 0.25) is 0 Å². The summed E-state index contributed by atoms with van der Waals surface area (Å²) < 4.78 is 57.8. The lowest BCUT2D eigenvalue weighted by Crippen LogP contribution is -2.38. The fourth-order valence-electron chi connectivity index (χ4n) is 3.44. The quantitative estimate of drug-likeness (QED) is 0.335. The van der Waals surface area contributed by atoms with Crippen LogP contribution in [0.4, 0.5) is 23.4 Å². The third-order valence-electron chi connectivity index (χ3n) is 5.17. The van der Waals surface area contributed by atoms with Crippen LogP contribution in [0.25, 0.3) is 5.65 Å². The van der Waals surface area contributed by atoms with E-state index in [1.54, 1.807) is 11.0 Å². The predicted octanol–water partition coefficient (Wildman–Crippen LogP) is 2.92. The molecule has 1 saturated heterocycles. The molecule has 0 atom stereocenters. The van der Waals surface area contributed by atoms with Crippen LogP contribution < -0.4 is 4.90 Å². The predicted molar refractivity (Wildman–Crippen MR) is 102 cm³/mol. The Balaban J connectivity index is 1.34. The van der Waals surface area contributed by atoms with Crippen molar-refractivity contribution >= 4 is 23.2 Å². The molecule has 0 saturated carbocycles. The van der Waals surface area contributed by atoms with Crippen molar-refractivity contribution in [2.45, 2.75) is 19.0 Å². The minimum Gasteiger partial charge on any atom is -0.457 e. The lowest BCUT2D eigenvalue weighted by molar-refractivity contribution is -0.148. The summed E-state index contributed by atoms with van der Waals surface area (Å²) in [4.78, 5) is 26.1. The Morgan fingerprint density at radius 1 is 1.03 bits per heavy atom. The number of fused-ring (bicyclic) bond motifs is 1. The monoisotopic (exact) mass is 451 g/mol. The summed E-state index contributed by atoms with van der Waals surface area (Å²) in [6.07, 6.45) is -3.91. The third kappa shape index (κ3) is 4.53. The van der Waals surface area contributed by atoms with Crippen LogP contribution in [0.1, 0.15) is 29.0 Å². The minimum absolute atomic E-state index is 0.0228. The van der Waals surface area contributed by atoms with Gasteiger partial charge in [0, 0.05) is 18.7 Å². The summed E-state index contributed by atoms with van der Waals surface area (Å²) in [7, 11) is 0. The van der Waals surface area contributed by atoms with E-state index < -0.39 is 42.1 Å². The average Bonchev–Trinajstić information content (AvgIpc) is 3.22. The van der Waals surface area contributed by atoms with Crippen molar-refractivity contribution in [2.75, 3.05) is 24.6 Å². The molecule has 3 heterocycles. The second-order valence-corrected chi connectivity index (χ2v) is 7.28. The molecule has 1 aromatic carbocycles. The molecule has 168 valence electrons. The van der Waals surface area contributed by atoms with Gasteiger partial charge in [-0.05, 0) is 49.2 Å². The summed E-state index contributed by atoms with van der Waals surface area (Å²) in [5, 5.41) is 10.6. The molecule has 0 aliphatic carbocycles. The van der Waals surface area contributed by atoms with Gasteiger partial charge in [0.05, 0.1) is 5.92 Å². The van der Waals surface area contributed by atoms with Crippen molar-refractivity contribution < 1.29 is 31.9 Å². The highest BCUT2D eigenvalue weighted by atomic mass is 19.4. The van der Waals surface area contributed by atoms with E-state index in [4.69, 9.17) is 4.74 Å². The molecule has 0 spiro atoms. The first-order chi connectivity index (χ1) is 15.2. The zero-order chi connectivity index (χ0) is 22.9. The summed E-state index contributed by atoms with van der Waals surface area (Å²) in [5.41, 5.74) is 0.216. The standard InChI is InChI=1S/C20H17F4N5O3/c21-14-3-1-12(2-4-14)15(30)11-32-18(31)13-7-9-28(10-8-13)17-6-5-16-25-26-19(20(22,23)24)29(16)27-17/h1-6,13H,7-11H2. The Bertz CT molecular complexity index is 1140. The highest BCUT2D eigenvalue weighted by Crippen LogP contribution is 2.29. The molecule has 8 nitrogen and oxygen atoms in total. The highest BCUT2D eigenvalue weighted by molar-refractivity contribution is 5.98. The number of Topliss-reactive ketones (excluding diaryl/α,β-unsaturated/α-hetero) is 1. The van der Waals surface area contributed by atoms with Crippen molar-refractivity contribution in [3.8, 4) is 0 Å². The lowest BCUT2D eigenvalue weighted by atomic mass is 9.97. The van der Waals surface area contributed by atoms with Crippen LogP contribution >= 0.6 is 0 Å². The van der Waals surface area contributed by atoms with Crippen molar-refractivity contribution in [1.29, 1.82) is 0 Å². The first kappa shape index (κ1) is 21.7.